The molecule has 172 valence electrons. The number of nitrogens with one attached hydrogen (secondary N) is 2. The maximum atomic E-state index is 15.2. The quantitative estimate of drug-likeness (QED) is 0.548. The summed E-state index contributed by atoms with van der Waals surface area (Å²) in [6, 6.07) is 13.4. The van der Waals surface area contributed by atoms with Crippen molar-refractivity contribution in [2.24, 2.45) is 0 Å². The summed E-state index contributed by atoms with van der Waals surface area (Å²) < 4.78 is 21.0. The second-order valence-corrected chi connectivity index (χ2v) is 8.70. The Hall–Kier alpha value is -2.86. The van der Waals surface area contributed by atoms with Crippen LogP contribution in [-0.2, 0) is 0 Å². The van der Waals surface area contributed by atoms with E-state index in [0.29, 0.717) is 44.6 Å². The van der Waals surface area contributed by atoms with Crippen molar-refractivity contribution in [3.63, 3.8) is 0 Å². The van der Waals surface area contributed by atoms with E-state index in [9.17, 15) is 4.79 Å². The van der Waals surface area contributed by atoms with Crippen LogP contribution in [0.1, 0.15) is 41.3 Å². The molecular weight excluding hydrogens is 405 g/mol. The van der Waals surface area contributed by atoms with Gasteiger partial charge in [0, 0.05) is 62.0 Å². The number of benzene rings is 2. The van der Waals surface area contributed by atoms with E-state index in [-0.39, 0.29) is 12.5 Å². The van der Waals surface area contributed by atoms with E-state index in [1.807, 2.05) is 63.2 Å². The van der Waals surface area contributed by atoms with Gasteiger partial charge in [-0.15, -0.1) is 0 Å². The summed E-state index contributed by atoms with van der Waals surface area (Å²) in [6.07, 6.45) is 0.679. The molecule has 0 saturated carbocycles. The second kappa shape index (κ2) is 10.6. The van der Waals surface area contributed by atoms with Crippen molar-refractivity contribution < 1.29 is 13.9 Å². The van der Waals surface area contributed by atoms with Gasteiger partial charge in [-0.05, 0) is 56.2 Å². The third kappa shape index (κ3) is 6.57. The van der Waals surface area contributed by atoms with Crippen LogP contribution < -0.4 is 15.4 Å². The number of hydrogen-bond acceptors (Lipinski definition) is 4. The Morgan fingerprint density at radius 1 is 1.16 bits per heavy atom. The summed E-state index contributed by atoms with van der Waals surface area (Å²) in [5.41, 5.74) is 3.42. The number of anilines is 1. The molecule has 0 aliphatic carbocycles. The first-order valence-corrected chi connectivity index (χ1v) is 11.2. The molecule has 1 amide bonds. The molecule has 0 unspecified atom stereocenters. The van der Waals surface area contributed by atoms with Gasteiger partial charge in [0.1, 0.15) is 18.0 Å². The zero-order valence-electron chi connectivity index (χ0n) is 19.3. The molecule has 0 spiro atoms. The van der Waals surface area contributed by atoms with Gasteiger partial charge in [0.2, 0.25) is 0 Å². The Kier molecular flexibility index (Phi) is 7.91. The molecule has 1 fully saturated rings. The van der Waals surface area contributed by atoms with Crippen molar-refractivity contribution >= 4 is 11.6 Å². The molecule has 0 bridgehead atoms. The number of rotatable bonds is 9. The topological polar surface area (TPSA) is 53.6 Å². The largest absolute Gasteiger partial charge is 0.492 e. The van der Waals surface area contributed by atoms with Crippen LogP contribution in [0.15, 0.2) is 54.7 Å². The lowest BCUT2D eigenvalue weighted by atomic mass is 9.92. The smallest absolute Gasteiger partial charge is 0.253 e. The predicted molar refractivity (Wildman–Crippen MR) is 128 cm³/mol. The summed E-state index contributed by atoms with van der Waals surface area (Å²) in [7, 11) is 0. The van der Waals surface area contributed by atoms with Crippen molar-refractivity contribution in [3.8, 4) is 5.75 Å². The molecule has 1 aliphatic rings. The van der Waals surface area contributed by atoms with E-state index in [0.717, 1.165) is 28.3 Å². The second-order valence-electron chi connectivity index (χ2n) is 8.70. The normalized spacial score (nSPS) is 15.3. The first kappa shape index (κ1) is 23.8. The zero-order valence-corrected chi connectivity index (χ0v) is 19.3. The molecule has 5 nitrogen and oxygen atoms in total. The molecule has 6 heteroatoms. The van der Waals surface area contributed by atoms with Crippen LogP contribution in [0.4, 0.5) is 10.1 Å². The van der Waals surface area contributed by atoms with E-state index in [1.54, 1.807) is 4.90 Å². The lowest BCUT2D eigenvalue weighted by Gasteiger charge is -2.36. The van der Waals surface area contributed by atoms with E-state index < -0.39 is 5.67 Å². The maximum absolute atomic E-state index is 15.2. The third-order valence-corrected chi connectivity index (χ3v) is 5.88. The Balaban J connectivity index is 1.39. The van der Waals surface area contributed by atoms with Crippen LogP contribution in [0.3, 0.4) is 0 Å². The highest BCUT2D eigenvalue weighted by Gasteiger charge is 2.35. The van der Waals surface area contributed by atoms with E-state index >= 15 is 4.39 Å². The highest BCUT2D eigenvalue weighted by atomic mass is 19.1. The minimum absolute atomic E-state index is 0.0140. The van der Waals surface area contributed by atoms with E-state index in [4.69, 9.17) is 4.74 Å². The Morgan fingerprint density at radius 2 is 1.91 bits per heavy atom. The number of alkyl halides is 1. The predicted octanol–water partition coefficient (Wildman–Crippen LogP) is 4.86. The van der Waals surface area contributed by atoms with Crippen molar-refractivity contribution in [1.29, 1.82) is 0 Å². The summed E-state index contributed by atoms with van der Waals surface area (Å²) in [5, 5.41) is 6.32. The fourth-order valence-electron chi connectivity index (χ4n) is 3.81. The molecule has 2 N–H and O–H groups in total. The van der Waals surface area contributed by atoms with Crippen LogP contribution in [-0.4, -0.2) is 49.3 Å². The number of hydrogen-bond donors (Lipinski definition) is 2. The van der Waals surface area contributed by atoms with Crippen molar-refractivity contribution in [2.45, 2.75) is 39.3 Å². The third-order valence-electron chi connectivity index (χ3n) is 5.88. The van der Waals surface area contributed by atoms with Gasteiger partial charge in [-0.2, -0.15) is 0 Å². The minimum atomic E-state index is -1.30. The zero-order chi connectivity index (χ0) is 23.1. The molecule has 32 heavy (non-hydrogen) atoms. The maximum Gasteiger partial charge on any atom is 0.253 e. The molecule has 1 saturated heterocycles. The van der Waals surface area contributed by atoms with Crippen LogP contribution in [0.5, 0.6) is 5.75 Å². The Morgan fingerprint density at radius 3 is 2.59 bits per heavy atom. The van der Waals surface area contributed by atoms with Crippen molar-refractivity contribution in [1.82, 2.24) is 10.2 Å². The molecule has 0 atom stereocenters. The van der Waals surface area contributed by atoms with Gasteiger partial charge in [-0.25, -0.2) is 4.39 Å². The molecule has 0 radical (unpaired) electrons. The van der Waals surface area contributed by atoms with Gasteiger partial charge in [0.25, 0.3) is 5.91 Å². The first-order valence-electron chi connectivity index (χ1n) is 11.2. The number of carbonyl (C=O) groups is 1. The first-order chi connectivity index (χ1) is 15.3. The van der Waals surface area contributed by atoms with Gasteiger partial charge in [0.15, 0.2) is 0 Å². The van der Waals surface area contributed by atoms with Gasteiger partial charge >= 0.3 is 0 Å². The van der Waals surface area contributed by atoms with E-state index in [2.05, 4.69) is 17.2 Å². The number of allylic oxidation sites excluding steroid dienone is 1. The van der Waals surface area contributed by atoms with E-state index in [1.165, 1.54) is 0 Å². The summed E-state index contributed by atoms with van der Waals surface area (Å²) >= 11 is 0. The number of halogens is 1. The standard InChI is InChI=1S/C26H34FN3O2/c1-19(2)29-23-6-5-7-24(17-23)32-15-12-28-18-26(27)10-13-30(14-11-26)25(31)22-9-8-20(3)21(4)16-22/h5-9,16-17,28-29H,1,10-15,18H2,2-4H3. The Bertz CT molecular complexity index is 952. The van der Waals surface area contributed by atoms with Gasteiger partial charge in [0.05, 0.1) is 0 Å². The van der Waals surface area contributed by atoms with Crippen LogP contribution in [0.25, 0.3) is 0 Å². The monoisotopic (exact) mass is 439 g/mol. The molecular formula is C26H34FN3O2. The fourth-order valence-corrected chi connectivity index (χ4v) is 3.81. The average molecular weight is 440 g/mol. The number of ether oxygens (including phenoxy) is 1. The number of likely N-dealkylation sites (tertiary alicyclic amines) is 1. The summed E-state index contributed by atoms with van der Waals surface area (Å²) in [4.78, 5) is 14.5. The Labute approximate surface area is 190 Å². The molecule has 2 aromatic carbocycles. The van der Waals surface area contributed by atoms with Crippen molar-refractivity contribution in [3.05, 3.63) is 71.4 Å². The van der Waals surface area contributed by atoms with Gasteiger partial charge in [-0.3, -0.25) is 4.79 Å². The molecule has 0 aromatic heterocycles. The molecule has 1 heterocycles. The number of amides is 1. The number of carbonyl (C=O) groups excluding carboxylic acids is 1. The minimum Gasteiger partial charge on any atom is -0.492 e. The fraction of sp³-hybridized carbons (Fsp3) is 0.423. The number of aryl methyl sites for hydroxylation is 2. The SMILES string of the molecule is C=C(C)Nc1cccc(OCCNCC2(F)CCN(C(=O)c3ccc(C)c(C)c3)CC2)c1. The average Bonchev–Trinajstić information content (AvgIpc) is 2.75. The molecule has 3 rings (SSSR count). The van der Waals surface area contributed by atoms with Gasteiger partial charge in [-0.1, -0.05) is 18.7 Å². The lowest BCUT2D eigenvalue weighted by Crippen LogP contribution is -2.49. The number of piperidine rings is 1. The van der Waals surface area contributed by atoms with Gasteiger partial charge < -0.3 is 20.3 Å². The summed E-state index contributed by atoms with van der Waals surface area (Å²) in [5.74, 6) is 0.742. The lowest BCUT2D eigenvalue weighted by molar-refractivity contribution is 0.0433. The van der Waals surface area contributed by atoms with Crippen LogP contribution in [0.2, 0.25) is 0 Å². The summed E-state index contributed by atoms with van der Waals surface area (Å²) in [6.45, 7) is 11.9. The highest BCUT2D eigenvalue weighted by molar-refractivity contribution is 5.94. The number of nitrogens with zero attached hydrogens (tertiary/aromatic N) is 1. The van der Waals surface area contributed by atoms with Crippen LogP contribution >= 0.6 is 0 Å². The molecule has 1 aliphatic heterocycles. The highest BCUT2D eigenvalue weighted by Crippen LogP contribution is 2.27. The molecule has 2 aromatic rings. The van der Waals surface area contributed by atoms with Crippen molar-refractivity contribution in [2.75, 3.05) is 38.1 Å². The van der Waals surface area contributed by atoms with Crippen LogP contribution in [0, 0.1) is 13.8 Å².